The van der Waals surface area contributed by atoms with Gasteiger partial charge in [-0.05, 0) is 19.4 Å². The highest BCUT2D eigenvalue weighted by atomic mass is 35.5. The number of hydrogen-bond donors (Lipinski definition) is 1. The van der Waals surface area contributed by atoms with Gasteiger partial charge in [0.2, 0.25) is 0 Å². The molecule has 2 heterocycles. The summed E-state index contributed by atoms with van der Waals surface area (Å²) in [6.45, 7) is 4.08. The maximum atomic E-state index is 12.5. The van der Waals surface area contributed by atoms with Gasteiger partial charge in [0.15, 0.2) is 6.10 Å². The van der Waals surface area contributed by atoms with E-state index in [2.05, 4.69) is 10.4 Å². The minimum atomic E-state index is -1.12. The number of nitrogens with one attached hydrogen (secondary N) is 1. The first-order valence-electron chi connectivity index (χ1n) is 8.45. The minimum absolute atomic E-state index is 0.109. The zero-order chi connectivity index (χ0) is 19.6. The molecule has 2 aromatic rings. The van der Waals surface area contributed by atoms with Crippen molar-refractivity contribution in [2.75, 3.05) is 13.1 Å². The number of aryl methyl sites for hydroxylation is 1. The van der Waals surface area contributed by atoms with E-state index < -0.39 is 24.0 Å². The van der Waals surface area contributed by atoms with Crippen LogP contribution in [-0.2, 0) is 16.1 Å². The van der Waals surface area contributed by atoms with Crippen LogP contribution in [0.1, 0.15) is 28.5 Å². The molecule has 1 atom stereocenters. The topological polar surface area (TPSA) is 93.5 Å². The average molecular weight is 391 g/mol. The predicted octanol–water partition coefficient (Wildman–Crippen LogP) is 1.99. The minimum Gasteiger partial charge on any atom is -0.449 e. The lowest BCUT2D eigenvalue weighted by atomic mass is 10.2. The Morgan fingerprint density at radius 2 is 2.04 bits per heavy atom. The molecule has 0 aliphatic carbocycles. The zero-order valence-corrected chi connectivity index (χ0v) is 15.7. The Labute approximate surface area is 161 Å². The smallest absolute Gasteiger partial charge is 0.343 e. The van der Waals surface area contributed by atoms with Crippen LogP contribution in [0, 0.1) is 6.92 Å². The second-order valence-electron chi connectivity index (χ2n) is 6.16. The van der Waals surface area contributed by atoms with Crippen LogP contribution in [0.2, 0.25) is 5.15 Å². The molecule has 0 radical (unpaired) electrons. The Kier molecular flexibility index (Phi) is 5.46. The lowest BCUT2D eigenvalue weighted by molar-refractivity contribution is -0.136. The molecular formula is C18H19ClN4O4. The van der Waals surface area contributed by atoms with Crippen LogP contribution >= 0.6 is 11.6 Å². The summed E-state index contributed by atoms with van der Waals surface area (Å²) in [6.07, 6.45) is -1.12. The van der Waals surface area contributed by atoms with Crippen molar-refractivity contribution in [3.63, 3.8) is 0 Å². The molecule has 0 saturated carbocycles. The zero-order valence-electron chi connectivity index (χ0n) is 14.9. The molecule has 1 fully saturated rings. The molecule has 8 nitrogen and oxygen atoms in total. The van der Waals surface area contributed by atoms with E-state index in [0.29, 0.717) is 18.8 Å². The van der Waals surface area contributed by atoms with Crippen LogP contribution in [0.4, 0.5) is 4.79 Å². The number of urea groups is 1. The molecule has 3 rings (SSSR count). The number of carbonyl (C=O) groups is 3. The van der Waals surface area contributed by atoms with E-state index in [1.807, 2.05) is 30.3 Å². The molecule has 0 unspecified atom stereocenters. The van der Waals surface area contributed by atoms with Crippen LogP contribution in [0.25, 0.3) is 0 Å². The molecule has 1 saturated heterocycles. The average Bonchev–Trinajstić information content (AvgIpc) is 3.18. The van der Waals surface area contributed by atoms with Crippen molar-refractivity contribution >= 4 is 29.5 Å². The summed E-state index contributed by atoms with van der Waals surface area (Å²) in [5.74, 6) is -1.33. The number of halogens is 1. The van der Waals surface area contributed by atoms with Gasteiger partial charge in [0, 0.05) is 13.1 Å². The fourth-order valence-electron chi connectivity index (χ4n) is 2.82. The summed E-state index contributed by atoms with van der Waals surface area (Å²) >= 11 is 6.33. The fraction of sp³-hybridized carbons (Fsp3) is 0.333. The van der Waals surface area contributed by atoms with E-state index in [9.17, 15) is 14.4 Å². The molecule has 3 amide bonds. The van der Waals surface area contributed by atoms with Gasteiger partial charge >= 0.3 is 12.0 Å². The summed E-state index contributed by atoms with van der Waals surface area (Å²) < 4.78 is 6.74. The number of imide groups is 1. The van der Waals surface area contributed by atoms with E-state index in [1.54, 1.807) is 6.92 Å². The van der Waals surface area contributed by atoms with Crippen molar-refractivity contribution in [2.24, 2.45) is 0 Å². The number of nitrogens with zero attached hydrogens (tertiary/aromatic N) is 3. The Morgan fingerprint density at radius 3 is 2.67 bits per heavy atom. The quantitative estimate of drug-likeness (QED) is 0.788. The first-order chi connectivity index (χ1) is 12.9. The number of rotatable bonds is 5. The van der Waals surface area contributed by atoms with Gasteiger partial charge in [0.1, 0.15) is 10.7 Å². The van der Waals surface area contributed by atoms with Crippen molar-refractivity contribution < 1.29 is 19.1 Å². The lowest BCUT2D eigenvalue weighted by Gasteiger charge is -2.18. The highest BCUT2D eigenvalue weighted by molar-refractivity contribution is 6.32. The largest absolute Gasteiger partial charge is 0.449 e. The van der Waals surface area contributed by atoms with Crippen LogP contribution in [0.15, 0.2) is 30.3 Å². The summed E-state index contributed by atoms with van der Waals surface area (Å²) in [5, 5.41) is 6.96. The molecule has 1 N–H and O–H groups in total. The first kappa shape index (κ1) is 18.9. The number of carbonyl (C=O) groups excluding carboxylic acids is 3. The molecule has 1 aromatic carbocycles. The normalized spacial score (nSPS) is 14.8. The van der Waals surface area contributed by atoms with E-state index in [0.717, 1.165) is 10.5 Å². The third kappa shape index (κ3) is 3.95. The lowest BCUT2D eigenvalue weighted by Crippen LogP contribution is -2.41. The number of amides is 3. The molecule has 9 heteroatoms. The number of aromatic nitrogens is 2. The number of esters is 1. The van der Waals surface area contributed by atoms with E-state index >= 15 is 0 Å². The number of ether oxygens (including phenoxy) is 1. The second kappa shape index (κ2) is 7.79. The maximum absolute atomic E-state index is 12.5. The van der Waals surface area contributed by atoms with Gasteiger partial charge in [-0.25, -0.2) is 14.3 Å². The third-order valence-corrected chi connectivity index (χ3v) is 4.58. The van der Waals surface area contributed by atoms with Gasteiger partial charge in [-0.1, -0.05) is 41.9 Å². The Hall–Kier alpha value is -2.87. The Bertz CT molecular complexity index is 881. The SMILES string of the molecule is Cc1nn(Cc2ccccc2)c(Cl)c1C(=O)O[C@H](C)C(=O)N1CCNC1=O. The monoisotopic (exact) mass is 390 g/mol. The van der Waals surface area contributed by atoms with Crippen molar-refractivity contribution in [1.29, 1.82) is 0 Å². The number of hydrogen-bond acceptors (Lipinski definition) is 5. The summed E-state index contributed by atoms with van der Waals surface area (Å²) in [7, 11) is 0. The van der Waals surface area contributed by atoms with Gasteiger partial charge in [-0.15, -0.1) is 0 Å². The van der Waals surface area contributed by atoms with Crippen molar-refractivity contribution in [3.8, 4) is 0 Å². The van der Waals surface area contributed by atoms with Crippen molar-refractivity contribution in [3.05, 3.63) is 52.3 Å². The third-order valence-electron chi connectivity index (χ3n) is 4.20. The Balaban J connectivity index is 1.73. The van der Waals surface area contributed by atoms with E-state index in [1.165, 1.54) is 11.6 Å². The summed E-state index contributed by atoms with van der Waals surface area (Å²) in [5.41, 5.74) is 1.49. The van der Waals surface area contributed by atoms with Gasteiger partial charge in [-0.3, -0.25) is 9.69 Å². The molecular weight excluding hydrogens is 372 g/mol. The standard InChI is InChI=1S/C18H19ClN4O4/c1-11-14(15(19)23(21-11)10-13-6-4-3-5-7-13)17(25)27-12(2)16(24)22-9-8-20-18(22)26/h3-7,12H,8-10H2,1-2H3,(H,20,26)/t12-/m1/s1. The maximum Gasteiger partial charge on any atom is 0.343 e. The number of benzene rings is 1. The summed E-state index contributed by atoms with van der Waals surface area (Å²) in [4.78, 5) is 37.4. The van der Waals surface area contributed by atoms with Crippen molar-refractivity contribution in [2.45, 2.75) is 26.5 Å². The van der Waals surface area contributed by atoms with Crippen LogP contribution in [0.3, 0.4) is 0 Å². The molecule has 0 bridgehead atoms. The summed E-state index contributed by atoms with van der Waals surface area (Å²) in [6, 6.07) is 9.06. The van der Waals surface area contributed by atoms with Gasteiger partial charge < -0.3 is 10.1 Å². The first-order valence-corrected chi connectivity index (χ1v) is 8.83. The Morgan fingerprint density at radius 1 is 1.33 bits per heavy atom. The second-order valence-corrected chi connectivity index (χ2v) is 6.52. The molecule has 0 spiro atoms. The molecule has 27 heavy (non-hydrogen) atoms. The van der Waals surface area contributed by atoms with Crippen molar-refractivity contribution in [1.82, 2.24) is 20.0 Å². The molecule has 1 aromatic heterocycles. The van der Waals surface area contributed by atoms with Gasteiger partial charge in [0.25, 0.3) is 5.91 Å². The van der Waals surface area contributed by atoms with Gasteiger partial charge in [-0.2, -0.15) is 5.10 Å². The van der Waals surface area contributed by atoms with Crippen LogP contribution in [0.5, 0.6) is 0 Å². The van der Waals surface area contributed by atoms with E-state index in [-0.39, 0.29) is 17.3 Å². The highest BCUT2D eigenvalue weighted by Gasteiger charge is 2.33. The highest BCUT2D eigenvalue weighted by Crippen LogP contribution is 2.22. The fourth-order valence-corrected chi connectivity index (χ4v) is 3.13. The van der Waals surface area contributed by atoms with E-state index in [4.69, 9.17) is 16.3 Å². The van der Waals surface area contributed by atoms with Crippen LogP contribution < -0.4 is 5.32 Å². The molecule has 142 valence electrons. The van der Waals surface area contributed by atoms with Gasteiger partial charge in [0.05, 0.1) is 12.2 Å². The molecule has 1 aliphatic heterocycles. The van der Waals surface area contributed by atoms with Crippen LogP contribution in [-0.4, -0.2) is 51.8 Å². The predicted molar refractivity (Wildman–Crippen MR) is 97.5 cm³/mol. The molecule has 1 aliphatic rings.